The second-order valence-corrected chi connectivity index (χ2v) is 5.66. The lowest BCUT2D eigenvalue weighted by Crippen LogP contribution is -2.12. The van der Waals surface area contributed by atoms with Crippen LogP contribution in [0.15, 0.2) is 40.9 Å². The topological polar surface area (TPSA) is 30.5 Å². The maximum atomic E-state index is 6.27. The number of methoxy groups -OCH3 is 1. The summed E-state index contributed by atoms with van der Waals surface area (Å²) in [4.78, 5) is 0. The number of benzene rings is 2. The Labute approximate surface area is 138 Å². The molecule has 2 aromatic carbocycles. The van der Waals surface area contributed by atoms with Crippen LogP contribution < -0.4 is 14.8 Å². The van der Waals surface area contributed by atoms with Crippen LogP contribution in [0, 0.1) is 0 Å². The number of ether oxygens (including phenoxy) is 2. The predicted molar refractivity (Wildman–Crippen MR) is 89.6 cm³/mol. The van der Waals surface area contributed by atoms with Gasteiger partial charge in [-0.3, -0.25) is 0 Å². The molecule has 0 spiro atoms. The van der Waals surface area contributed by atoms with Crippen LogP contribution in [-0.2, 0) is 6.54 Å². The SMILES string of the molecule is CCNCc1c(Cl)cccc1Oc1ccc(OC)cc1Br. The molecule has 21 heavy (non-hydrogen) atoms. The van der Waals surface area contributed by atoms with Gasteiger partial charge in [0.15, 0.2) is 0 Å². The second-order valence-electron chi connectivity index (χ2n) is 4.40. The van der Waals surface area contributed by atoms with Crippen molar-refractivity contribution < 1.29 is 9.47 Å². The number of halogens is 2. The first kappa shape index (κ1) is 16.1. The molecule has 0 saturated carbocycles. The summed E-state index contributed by atoms with van der Waals surface area (Å²) in [5, 5.41) is 3.96. The van der Waals surface area contributed by atoms with E-state index in [1.54, 1.807) is 7.11 Å². The minimum atomic E-state index is 0.666. The van der Waals surface area contributed by atoms with Gasteiger partial charge in [0, 0.05) is 17.1 Å². The first-order valence-electron chi connectivity index (χ1n) is 6.65. The molecule has 112 valence electrons. The van der Waals surface area contributed by atoms with Gasteiger partial charge in [0.25, 0.3) is 0 Å². The van der Waals surface area contributed by atoms with Gasteiger partial charge >= 0.3 is 0 Å². The molecule has 0 heterocycles. The van der Waals surface area contributed by atoms with E-state index in [0.717, 1.165) is 33.8 Å². The van der Waals surface area contributed by atoms with Gasteiger partial charge in [-0.1, -0.05) is 24.6 Å². The Morgan fingerprint density at radius 3 is 2.67 bits per heavy atom. The molecule has 0 atom stereocenters. The Kier molecular flexibility index (Phi) is 5.91. The molecular formula is C16H17BrClNO2. The summed E-state index contributed by atoms with van der Waals surface area (Å²) >= 11 is 9.75. The Morgan fingerprint density at radius 2 is 2.00 bits per heavy atom. The smallest absolute Gasteiger partial charge is 0.141 e. The van der Waals surface area contributed by atoms with E-state index < -0.39 is 0 Å². The minimum absolute atomic E-state index is 0.666. The van der Waals surface area contributed by atoms with Crippen LogP contribution >= 0.6 is 27.5 Å². The third-order valence-electron chi connectivity index (χ3n) is 2.99. The molecule has 0 amide bonds. The van der Waals surface area contributed by atoms with E-state index in [2.05, 4.69) is 28.2 Å². The highest BCUT2D eigenvalue weighted by atomic mass is 79.9. The highest BCUT2D eigenvalue weighted by Crippen LogP contribution is 2.35. The molecule has 3 nitrogen and oxygen atoms in total. The van der Waals surface area contributed by atoms with E-state index in [-0.39, 0.29) is 0 Å². The van der Waals surface area contributed by atoms with E-state index in [0.29, 0.717) is 11.6 Å². The number of nitrogens with one attached hydrogen (secondary N) is 1. The number of hydrogen-bond acceptors (Lipinski definition) is 3. The van der Waals surface area contributed by atoms with Gasteiger partial charge in [-0.05, 0) is 52.8 Å². The maximum Gasteiger partial charge on any atom is 0.141 e. The average Bonchev–Trinajstić information content (AvgIpc) is 2.48. The van der Waals surface area contributed by atoms with Gasteiger partial charge in [-0.2, -0.15) is 0 Å². The van der Waals surface area contributed by atoms with Crippen molar-refractivity contribution in [1.29, 1.82) is 0 Å². The largest absolute Gasteiger partial charge is 0.497 e. The summed E-state index contributed by atoms with van der Waals surface area (Å²) in [5.74, 6) is 2.23. The summed E-state index contributed by atoms with van der Waals surface area (Å²) < 4.78 is 12.0. The Bertz CT molecular complexity index is 619. The van der Waals surface area contributed by atoms with Crippen LogP contribution in [0.4, 0.5) is 0 Å². The lowest BCUT2D eigenvalue weighted by Gasteiger charge is -2.14. The van der Waals surface area contributed by atoms with E-state index in [1.165, 1.54) is 0 Å². The van der Waals surface area contributed by atoms with Crippen LogP contribution in [-0.4, -0.2) is 13.7 Å². The van der Waals surface area contributed by atoms with E-state index >= 15 is 0 Å². The van der Waals surface area contributed by atoms with Gasteiger partial charge in [-0.25, -0.2) is 0 Å². The maximum absolute atomic E-state index is 6.27. The fourth-order valence-corrected chi connectivity index (χ4v) is 2.54. The first-order valence-corrected chi connectivity index (χ1v) is 7.82. The zero-order valence-electron chi connectivity index (χ0n) is 12.0. The molecule has 0 radical (unpaired) electrons. The van der Waals surface area contributed by atoms with Crippen molar-refractivity contribution in [3.63, 3.8) is 0 Å². The summed E-state index contributed by atoms with van der Waals surface area (Å²) in [6.45, 7) is 3.59. The molecule has 1 N–H and O–H groups in total. The third kappa shape index (κ3) is 4.13. The zero-order chi connectivity index (χ0) is 15.2. The Hall–Kier alpha value is -1.23. The molecule has 0 aliphatic heterocycles. The van der Waals surface area contributed by atoms with Crippen LogP contribution in [0.2, 0.25) is 5.02 Å². The normalized spacial score (nSPS) is 10.5. The lowest BCUT2D eigenvalue weighted by atomic mass is 10.2. The van der Waals surface area contributed by atoms with Gasteiger partial charge in [-0.15, -0.1) is 0 Å². The summed E-state index contributed by atoms with van der Waals surface area (Å²) in [7, 11) is 1.63. The quantitative estimate of drug-likeness (QED) is 0.775. The van der Waals surface area contributed by atoms with Crippen LogP contribution in [0.1, 0.15) is 12.5 Å². The highest BCUT2D eigenvalue weighted by Gasteiger charge is 2.11. The molecule has 0 saturated heterocycles. The molecule has 0 aromatic heterocycles. The number of rotatable bonds is 6. The van der Waals surface area contributed by atoms with Crippen LogP contribution in [0.5, 0.6) is 17.2 Å². The monoisotopic (exact) mass is 369 g/mol. The molecule has 0 unspecified atom stereocenters. The van der Waals surface area contributed by atoms with Crippen molar-refractivity contribution >= 4 is 27.5 Å². The van der Waals surface area contributed by atoms with Crippen molar-refractivity contribution in [2.45, 2.75) is 13.5 Å². The molecule has 0 aliphatic rings. The summed E-state index contributed by atoms with van der Waals surface area (Å²) in [5.41, 5.74) is 0.948. The van der Waals surface area contributed by atoms with Gasteiger partial charge in [0.05, 0.1) is 11.6 Å². The second kappa shape index (κ2) is 7.69. The average molecular weight is 371 g/mol. The van der Waals surface area contributed by atoms with E-state index in [4.69, 9.17) is 21.1 Å². The Balaban J connectivity index is 2.28. The first-order chi connectivity index (χ1) is 10.2. The molecule has 2 aromatic rings. The fourth-order valence-electron chi connectivity index (χ4n) is 1.87. The predicted octanol–water partition coefficient (Wildman–Crippen LogP) is 5.01. The van der Waals surface area contributed by atoms with Crippen molar-refractivity contribution in [3.05, 3.63) is 51.5 Å². The fraction of sp³-hybridized carbons (Fsp3) is 0.250. The Morgan fingerprint density at radius 1 is 1.19 bits per heavy atom. The third-order valence-corrected chi connectivity index (χ3v) is 3.96. The van der Waals surface area contributed by atoms with E-state index in [1.807, 2.05) is 36.4 Å². The van der Waals surface area contributed by atoms with Gasteiger partial charge < -0.3 is 14.8 Å². The van der Waals surface area contributed by atoms with Crippen LogP contribution in [0.25, 0.3) is 0 Å². The molecule has 0 bridgehead atoms. The van der Waals surface area contributed by atoms with E-state index in [9.17, 15) is 0 Å². The highest BCUT2D eigenvalue weighted by molar-refractivity contribution is 9.10. The van der Waals surface area contributed by atoms with Gasteiger partial charge in [0.2, 0.25) is 0 Å². The summed E-state index contributed by atoms with van der Waals surface area (Å²) in [6, 6.07) is 11.2. The van der Waals surface area contributed by atoms with Crippen LogP contribution in [0.3, 0.4) is 0 Å². The molecule has 0 aliphatic carbocycles. The molecule has 5 heteroatoms. The standard InChI is InChI=1S/C16H17BrClNO2/c1-3-19-10-12-14(18)5-4-6-15(12)21-16-8-7-11(20-2)9-13(16)17/h4-9,19H,3,10H2,1-2H3. The summed E-state index contributed by atoms with van der Waals surface area (Å²) in [6.07, 6.45) is 0. The number of hydrogen-bond donors (Lipinski definition) is 1. The van der Waals surface area contributed by atoms with Crippen molar-refractivity contribution in [2.75, 3.05) is 13.7 Å². The minimum Gasteiger partial charge on any atom is -0.497 e. The lowest BCUT2D eigenvalue weighted by molar-refractivity contribution is 0.412. The molecule has 2 rings (SSSR count). The zero-order valence-corrected chi connectivity index (χ0v) is 14.3. The van der Waals surface area contributed by atoms with Crippen molar-refractivity contribution in [2.24, 2.45) is 0 Å². The molecule has 0 fully saturated rings. The van der Waals surface area contributed by atoms with Crippen molar-refractivity contribution in [1.82, 2.24) is 5.32 Å². The van der Waals surface area contributed by atoms with Crippen molar-refractivity contribution in [3.8, 4) is 17.2 Å². The van der Waals surface area contributed by atoms with Gasteiger partial charge in [0.1, 0.15) is 17.2 Å². The molecular weight excluding hydrogens is 354 g/mol.